The van der Waals surface area contributed by atoms with Crippen molar-refractivity contribution >= 4 is 11.4 Å². The number of aryl methyl sites for hydroxylation is 1. The smallest absolute Gasteiger partial charge is 0.0992 e. The van der Waals surface area contributed by atoms with Gasteiger partial charge in [0.1, 0.15) is 0 Å². The molecule has 4 heteroatoms. The van der Waals surface area contributed by atoms with E-state index in [1.54, 1.807) is 24.4 Å². The van der Waals surface area contributed by atoms with Crippen molar-refractivity contribution in [3.8, 4) is 6.07 Å². The van der Waals surface area contributed by atoms with Crippen LogP contribution in [0.2, 0.25) is 0 Å². The predicted octanol–water partition coefficient (Wildman–Crippen LogP) is 2.71. The molecule has 0 aliphatic heterocycles. The number of aromatic nitrogens is 1. The Hall–Kier alpha value is -2.54. The van der Waals surface area contributed by atoms with E-state index < -0.39 is 0 Å². The standard InChI is InChI=1S/C15H16N4/c1-2-12-4-3-7-18-15(12)10-19-14-8-11(9-16)5-6-13(14)17/h3-8,19H,2,10,17H2,1H3. The Kier molecular flexibility index (Phi) is 3.99. The van der Waals surface area contributed by atoms with E-state index in [4.69, 9.17) is 11.0 Å². The number of hydrogen-bond acceptors (Lipinski definition) is 4. The number of hydrogen-bond donors (Lipinski definition) is 2. The molecule has 19 heavy (non-hydrogen) atoms. The van der Waals surface area contributed by atoms with Crippen LogP contribution in [0, 0.1) is 11.3 Å². The van der Waals surface area contributed by atoms with Crippen molar-refractivity contribution in [2.75, 3.05) is 11.1 Å². The third-order valence-electron chi connectivity index (χ3n) is 2.99. The van der Waals surface area contributed by atoms with Gasteiger partial charge in [-0.3, -0.25) is 4.98 Å². The first kappa shape index (κ1) is 12.9. The SMILES string of the molecule is CCc1cccnc1CNc1cc(C#N)ccc1N. The highest BCUT2D eigenvalue weighted by atomic mass is 14.9. The molecule has 0 aliphatic carbocycles. The minimum absolute atomic E-state index is 0.591. The maximum absolute atomic E-state index is 8.89. The molecule has 1 aromatic carbocycles. The zero-order chi connectivity index (χ0) is 13.7. The summed E-state index contributed by atoms with van der Waals surface area (Å²) >= 11 is 0. The molecule has 3 N–H and O–H groups in total. The summed E-state index contributed by atoms with van der Waals surface area (Å²) in [6.45, 7) is 2.70. The summed E-state index contributed by atoms with van der Waals surface area (Å²) in [6.07, 6.45) is 2.73. The lowest BCUT2D eigenvalue weighted by atomic mass is 10.1. The van der Waals surface area contributed by atoms with Gasteiger partial charge in [0.25, 0.3) is 0 Å². The Balaban J connectivity index is 2.17. The van der Waals surface area contributed by atoms with Crippen LogP contribution in [0.1, 0.15) is 23.7 Å². The number of anilines is 2. The van der Waals surface area contributed by atoms with Crippen molar-refractivity contribution in [3.05, 3.63) is 53.3 Å². The lowest BCUT2D eigenvalue weighted by Crippen LogP contribution is -2.06. The third kappa shape index (κ3) is 3.02. The van der Waals surface area contributed by atoms with Crippen LogP contribution in [0.5, 0.6) is 0 Å². The number of nitriles is 1. The summed E-state index contributed by atoms with van der Waals surface area (Å²) in [5.74, 6) is 0. The summed E-state index contributed by atoms with van der Waals surface area (Å²) < 4.78 is 0. The fourth-order valence-electron chi connectivity index (χ4n) is 1.91. The summed E-state index contributed by atoms with van der Waals surface area (Å²) in [4.78, 5) is 4.37. The van der Waals surface area contributed by atoms with Crippen molar-refractivity contribution in [1.29, 1.82) is 5.26 Å². The second-order valence-electron chi connectivity index (χ2n) is 4.23. The molecule has 0 saturated carbocycles. The molecule has 0 fully saturated rings. The first-order valence-electron chi connectivity index (χ1n) is 6.21. The van der Waals surface area contributed by atoms with Crippen LogP contribution in [0.3, 0.4) is 0 Å². The van der Waals surface area contributed by atoms with Crippen LogP contribution >= 0.6 is 0 Å². The van der Waals surface area contributed by atoms with Gasteiger partial charge in [0.2, 0.25) is 0 Å². The largest absolute Gasteiger partial charge is 0.397 e. The van der Waals surface area contributed by atoms with Gasteiger partial charge >= 0.3 is 0 Å². The van der Waals surface area contributed by atoms with E-state index in [9.17, 15) is 0 Å². The minimum atomic E-state index is 0.591. The number of nitrogens with two attached hydrogens (primary N) is 1. The van der Waals surface area contributed by atoms with E-state index in [0.717, 1.165) is 17.8 Å². The maximum Gasteiger partial charge on any atom is 0.0992 e. The van der Waals surface area contributed by atoms with E-state index in [1.807, 2.05) is 6.07 Å². The van der Waals surface area contributed by atoms with Crippen molar-refractivity contribution in [1.82, 2.24) is 4.98 Å². The predicted molar refractivity (Wildman–Crippen MR) is 76.5 cm³/mol. The Morgan fingerprint density at radius 3 is 2.95 bits per heavy atom. The van der Waals surface area contributed by atoms with Crippen LogP contribution in [0.4, 0.5) is 11.4 Å². The highest BCUT2D eigenvalue weighted by Crippen LogP contribution is 2.20. The summed E-state index contributed by atoms with van der Waals surface area (Å²) in [5, 5.41) is 12.1. The third-order valence-corrected chi connectivity index (χ3v) is 2.99. The van der Waals surface area contributed by atoms with Gasteiger partial charge in [-0.2, -0.15) is 5.26 Å². The number of rotatable bonds is 4. The van der Waals surface area contributed by atoms with Crippen molar-refractivity contribution < 1.29 is 0 Å². The van der Waals surface area contributed by atoms with Gasteiger partial charge in [0.05, 0.1) is 35.2 Å². The summed E-state index contributed by atoms with van der Waals surface area (Å²) in [6, 6.07) is 11.3. The molecule has 2 aromatic rings. The van der Waals surface area contributed by atoms with Gasteiger partial charge in [-0.05, 0) is 36.2 Å². The van der Waals surface area contributed by atoms with Crippen LogP contribution in [-0.4, -0.2) is 4.98 Å². The van der Waals surface area contributed by atoms with Gasteiger partial charge in [-0.15, -0.1) is 0 Å². The molecule has 0 spiro atoms. The van der Waals surface area contributed by atoms with Crippen LogP contribution in [-0.2, 0) is 13.0 Å². The Bertz CT molecular complexity index is 614. The van der Waals surface area contributed by atoms with Crippen LogP contribution < -0.4 is 11.1 Å². The van der Waals surface area contributed by atoms with E-state index >= 15 is 0 Å². The Morgan fingerprint density at radius 2 is 2.21 bits per heavy atom. The summed E-state index contributed by atoms with van der Waals surface area (Å²) in [7, 11) is 0. The van der Waals surface area contributed by atoms with Gasteiger partial charge in [-0.25, -0.2) is 0 Å². The average Bonchev–Trinajstić information content (AvgIpc) is 2.46. The lowest BCUT2D eigenvalue weighted by Gasteiger charge is -2.11. The maximum atomic E-state index is 8.89. The van der Waals surface area contributed by atoms with E-state index in [1.165, 1.54) is 5.56 Å². The zero-order valence-corrected chi connectivity index (χ0v) is 10.9. The fourth-order valence-corrected chi connectivity index (χ4v) is 1.91. The molecule has 1 aromatic heterocycles. The van der Waals surface area contributed by atoms with Gasteiger partial charge in [-0.1, -0.05) is 13.0 Å². The molecule has 0 unspecified atom stereocenters. The normalized spacial score (nSPS) is 9.89. The highest BCUT2D eigenvalue weighted by molar-refractivity contribution is 5.68. The molecular formula is C15H16N4. The van der Waals surface area contributed by atoms with Crippen LogP contribution in [0.15, 0.2) is 36.5 Å². The first-order valence-corrected chi connectivity index (χ1v) is 6.21. The molecule has 0 saturated heterocycles. The Morgan fingerprint density at radius 1 is 1.37 bits per heavy atom. The minimum Gasteiger partial charge on any atom is -0.397 e. The van der Waals surface area contributed by atoms with Gasteiger partial charge < -0.3 is 11.1 Å². The number of nitrogens with zero attached hydrogens (tertiary/aromatic N) is 2. The second kappa shape index (κ2) is 5.87. The molecular weight excluding hydrogens is 236 g/mol. The monoisotopic (exact) mass is 252 g/mol. The van der Waals surface area contributed by atoms with Crippen molar-refractivity contribution in [2.45, 2.75) is 19.9 Å². The second-order valence-corrected chi connectivity index (χ2v) is 4.23. The van der Waals surface area contributed by atoms with E-state index in [2.05, 4.69) is 29.4 Å². The van der Waals surface area contributed by atoms with E-state index in [-0.39, 0.29) is 0 Å². The molecule has 1 heterocycles. The van der Waals surface area contributed by atoms with Gasteiger partial charge in [0.15, 0.2) is 0 Å². The Labute approximate surface area is 112 Å². The van der Waals surface area contributed by atoms with Crippen molar-refractivity contribution in [3.63, 3.8) is 0 Å². The number of pyridine rings is 1. The summed E-state index contributed by atoms with van der Waals surface area (Å²) in [5.41, 5.74) is 10.1. The van der Waals surface area contributed by atoms with E-state index in [0.29, 0.717) is 17.8 Å². The van der Waals surface area contributed by atoms with Gasteiger partial charge in [0, 0.05) is 6.20 Å². The fraction of sp³-hybridized carbons (Fsp3) is 0.200. The molecule has 0 atom stereocenters. The topological polar surface area (TPSA) is 74.7 Å². The molecule has 0 bridgehead atoms. The number of nitrogens with one attached hydrogen (secondary N) is 1. The molecule has 96 valence electrons. The quantitative estimate of drug-likeness (QED) is 0.820. The van der Waals surface area contributed by atoms with Crippen molar-refractivity contribution in [2.24, 2.45) is 0 Å². The molecule has 0 radical (unpaired) electrons. The number of nitrogen functional groups attached to an aromatic ring is 1. The average molecular weight is 252 g/mol. The number of benzene rings is 1. The lowest BCUT2D eigenvalue weighted by molar-refractivity contribution is 0.972. The zero-order valence-electron chi connectivity index (χ0n) is 10.9. The van der Waals surface area contributed by atoms with Crippen LogP contribution in [0.25, 0.3) is 0 Å². The molecule has 4 nitrogen and oxygen atoms in total. The highest BCUT2D eigenvalue weighted by Gasteiger charge is 2.04. The molecule has 2 rings (SSSR count). The first-order chi connectivity index (χ1) is 9.24. The molecule has 0 amide bonds. The molecule has 0 aliphatic rings.